The quantitative estimate of drug-likeness (QED) is 0.342. The number of ether oxygens (including phenoxy) is 1. The fourth-order valence-corrected chi connectivity index (χ4v) is 12.0. The maximum Gasteiger partial charge on any atom is 0.328 e. The molecule has 45 heavy (non-hydrogen) atoms. The molecule has 1 N–H and O–H groups in total. The number of aromatic nitrogens is 3. The molecule has 248 valence electrons. The van der Waals surface area contributed by atoms with Gasteiger partial charge < -0.3 is 9.84 Å². The fraction of sp³-hybridized carbons (Fsp3) is 0.789. The van der Waals surface area contributed by atoms with Gasteiger partial charge in [-0.25, -0.2) is 4.68 Å². The number of aliphatic hydroxyl groups excluding tert-OH is 1. The molecule has 5 aliphatic rings. The zero-order chi connectivity index (χ0) is 33.0. The highest BCUT2D eigenvalue weighted by Crippen LogP contribution is 2.76. The standard InChI is InChI=1S/C38H57N3O4/c1-23(2)31-27(43)19-38(22-42)18-17-36(9)25(32(31)38)11-12-29-35(8)15-13-24(34(6,7)28(35)14-16-37(29,36)10)26-20-41(40-39-26)21-30(44)45-33(3,4)5/h13,20,23,25,28-29,42H,11-12,14-19,21-22H2,1-10H3/t25-,28+,29-,35+,36-,37-,38+/m1/s1. The van der Waals surface area contributed by atoms with Crippen LogP contribution in [0.25, 0.3) is 5.57 Å². The van der Waals surface area contributed by atoms with E-state index in [-0.39, 0.29) is 57.9 Å². The Morgan fingerprint density at radius 2 is 1.76 bits per heavy atom. The summed E-state index contributed by atoms with van der Waals surface area (Å²) < 4.78 is 7.12. The third-order valence-electron chi connectivity index (χ3n) is 14.0. The lowest BCUT2D eigenvalue weighted by molar-refractivity contribution is -0.197. The van der Waals surface area contributed by atoms with Crippen molar-refractivity contribution in [3.63, 3.8) is 0 Å². The summed E-state index contributed by atoms with van der Waals surface area (Å²) in [5, 5.41) is 19.7. The summed E-state index contributed by atoms with van der Waals surface area (Å²) in [5.74, 6) is 1.62. The van der Waals surface area contributed by atoms with Crippen LogP contribution in [0.1, 0.15) is 126 Å². The molecule has 6 rings (SSSR count). The van der Waals surface area contributed by atoms with Gasteiger partial charge in [-0.2, -0.15) is 0 Å². The predicted octanol–water partition coefficient (Wildman–Crippen LogP) is 7.59. The molecule has 0 aromatic carbocycles. The topological polar surface area (TPSA) is 94.3 Å². The normalized spacial score (nSPS) is 39.2. The van der Waals surface area contributed by atoms with Crippen molar-refractivity contribution in [3.05, 3.63) is 29.1 Å². The zero-order valence-corrected chi connectivity index (χ0v) is 29.5. The minimum absolute atomic E-state index is 0.0530. The first-order valence-electron chi connectivity index (χ1n) is 17.5. The smallest absolute Gasteiger partial charge is 0.328 e. The molecule has 7 heteroatoms. The molecule has 1 aromatic rings. The van der Waals surface area contributed by atoms with Crippen LogP contribution < -0.4 is 0 Å². The first-order valence-corrected chi connectivity index (χ1v) is 17.5. The summed E-state index contributed by atoms with van der Waals surface area (Å²) >= 11 is 0. The van der Waals surface area contributed by atoms with Gasteiger partial charge in [0.15, 0.2) is 5.78 Å². The molecule has 3 saturated carbocycles. The molecule has 3 fully saturated rings. The lowest BCUT2D eigenvalue weighted by Crippen LogP contribution is -2.64. The summed E-state index contributed by atoms with van der Waals surface area (Å²) in [6.07, 6.45) is 12.5. The van der Waals surface area contributed by atoms with Gasteiger partial charge >= 0.3 is 5.97 Å². The van der Waals surface area contributed by atoms with Gasteiger partial charge in [0.1, 0.15) is 17.8 Å². The SMILES string of the molecule is CC(C)C1=C2[C@H]3CC[C@@H]4[C@@]5(C)CC=C(c6cn(CC(=O)OC(C)(C)C)nn6)C(C)(C)[C@@H]5CC[C@@]4(C)[C@]3(C)CC[C@@]2(CO)CC1=O. The van der Waals surface area contributed by atoms with Crippen LogP contribution in [0.5, 0.6) is 0 Å². The first-order chi connectivity index (χ1) is 20.8. The number of aliphatic hydroxyl groups is 1. The maximum absolute atomic E-state index is 13.4. The molecule has 1 heterocycles. The number of Topliss-reactive ketones (excluding diaryl/α,β-unsaturated/α-hetero) is 1. The van der Waals surface area contributed by atoms with E-state index in [1.807, 2.05) is 27.0 Å². The van der Waals surface area contributed by atoms with Crippen LogP contribution in [-0.2, 0) is 20.9 Å². The number of carbonyl (C=O) groups is 2. The molecule has 0 amide bonds. The Morgan fingerprint density at radius 1 is 1.04 bits per heavy atom. The number of ketones is 1. The number of hydrogen-bond donors (Lipinski definition) is 1. The fourth-order valence-electron chi connectivity index (χ4n) is 12.0. The van der Waals surface area contributed by atoms with Gasteiger partial charge in [-0.15, -0.1) is 5.10 Å². The van der Waals surface area contributed by atoms with E-state index in [1.165, 1.54) is 24.0 Å². The van der Waals surface area contributed by atoms with Crippen molar-refractivity contribution >= 4 is 17.3 Å². The van der Waals surface area contributed by atoms with E-state index in [9.17, 15) is 14.7 Å². The van der Waals surface area contributed by atoms with Gasteiger partial charge in [0.2, 0.25) is 0 Å². The van der Waals surface area contributed by atoms with Gasteiger partial charge in [0, 0.05) is 11.8 Å². The molecular weight excluding hydrogens is 562 g/mol. The van der Waals surface area contributed by atoms with Crippen LogP contribution in [0.15, 0.2) is 23.4 Å². The largest absolute Gasteiger partial charge is 0.459 e. The number of hydrogen-bond acceptors (Lipinski definition) is 6. The van der Waals surface area contributed by atoms with Crippen LogP contribution >= 0.6 is 0 Å². The van der Waals surface area contributed by atoms with Crippen molar-refractivity contribution in [3.8, 4) is 0 Å². The molecule has 0 bridgehead atoms. The molecule has 0 unspecified atom stereocenters. The lowest BCUT2D eigenvalue weighted by Gasteiger charge is -2.71. The summed E-state index contributed by atoms with van der Waals surface area (Å²) in [5.41, 5.74) is 3.94. The average molecular weight is 620 g/mol. The molecule has 7 nitrogen and oxygen atoms in total. The molecule has 7 atom stereocenters. The highest BCUT2D eigenvalue weighted by molar-refractivity contribution is 6.00. The Bertz CT molecular complexity index is 1460. The van der Waals surface area contributed by atoms with E-state index < -0.39 is 5.60 Å². The van der Waals surface area contributed by atoms with Crippen LogP contribution in [0, 0.1) is 50.7 Å². The highest BCUT2D eigenvalue weighted by Gasteiger charge is 2.69. The Morgan fingerprint density at radius 3 is 2.40 bits per heavy atom. The van der Waals surface area contributed by atoms with E-state index in [0.717, 1.165) is 43.4 Å². The van der Waals surface area contributed by atoms with E-state index in [2.05, 4.69) is 64.9 Å². The van der Waals surface area contributed by atoms with Gasteiger partial charge in [0.05, 0.1) is 12.8 Å². The van der Waals surface area contributed by atoms with Crippen molar-refractivity contribution < 1.29 is 19.4 Å². The Labute approximate surface area is 270 Å². The summed E-state index contributed by atoms with van der Waals surface area (Å²) in [4.78, 5) is 25.9. The van der Waals surface area contributed by atoms with Crippen molar-refractivity contribution in [2.24, 2.45) is 50.7 Å². The van der Waals surface area contributed by atoms with E-state index in [1.54, 1.807) is 4.68 Å². The van der Waals surface area contributed by atoms with Crippen LogP contribution in [-0.4, -0.2) is 44.1 Å². The molecular formula is C38H57N3O4. The Balaban J connectivity index is 1.32. The number of nitrogens with zero attached hydrogens (tertiary/aromatic N) is 3. The van der Waals surface area contributed by atoms with E-state index in [4.69, 9.17) is 4.74 Å². The Kier molecular flexibility index (Phi) is 7.52. The van der Waals surface area contributed by atoms with Gasteiger partial charge in [-0.05, 0) is 122 Å². The monoisotopic (exact) mass is 619 g/mol. The minimum atomic E-state index is -0.535. The zero-order valence-electron chi connectivity index (χ0n) is 29.5. The number of fused-ring (bicyclic) bond motifs is 7. The third kappa shape index (κ3) is 4.67. The van der Waals surface area contributed by atoms with Crippen molar-refractivity contribution in [2.45, 2.75) is 133 Å². The van der Waals surface area contributed by atoms with Crippen molar-refractivity contribution in [1.29, 1.82) is 0 Å². The maximum atomic E-state index is 13.4. The number of carbonyl (C=O) groups excluding carboxylic acids is 2. The van der Waals surface area contributed by atoms with Gasteiger partial charge in [-0.1, -0.05) is 65.3 Å². The molecule has 0 aliphatic heterocycles. The Hall–Kier alpha value is -2.28. The molecule has 5 aliphatic carbocycles. The number of allylic oxidation sites excluding steroid dienone is 3. The summed E-state index contributed by atoms with van der Waals surface area (Å²) in [7, 11) is 0. The second kappa shape index (κ2) is 10.4. The van der Waals surface area contributed by atoms with E-state index in [0.29, 0.717) is 24.2 Å². The van der Waals surface area contributed by atoms with Crippen molar-refractivity contribution in [1.82, 2.24) is 15.0 Å². The molecule has 0 radical (unpaired) electrons. The molecule has 0 saturated heterocycles. The molecule has 0 spiro atoms. The lowest BCUT2D eigenvalue weighted by atomic mass is 9.33. The van der Waals surface area contributed by atoms with Crippen LogP contribution in [0.2, 0.25) is 0 Å². The average Bonchev–Trinajstić information content (AvgIpc) is 3.49. The highest BCUT2D eigenvalue weighted by atomic mass is 16.6. The van der Waals surface area contributed by atoms with Gasteiger partial charge in [0.25, 0.3) is 0 Å². The summed E-state index contributed by atoms with van der Waals surface area (Å²) in [6.45, 7) is 22.6. The summed E-state index contributed by atoms with van der Waals surface area (Å²) in [6, 6.07) is 0. The first kappa shape index (κ1) is 32.7. The second-order valence-corrected chi connectivity index (χ2v) is 18.1. The van der Waals surface area contributed by atoms with Crippen LogP contribution in [0.4, 0.5) is 0 Å². The van der Waals surface area contributed by atoms with Crippen LogP contribution in [0.3, 0.4) is 0 Å². The number of rotatable bonds is 5. The minimum Gasteiger partial charge on any atom is -0.459 e. The number of esters is 1. The predicted molar refractivity (Wildman–Crippen MR) is 176 cm³/mol. The van der Waals surface area contributed by atoms with Crippen molar-refractivity contribution in [2.75, 3.05) is 6.61 Å². The second-order valence-electron chi connectivity index (χ2n) is 18.1. The van der Waals surface area contributed by atoms with E-state index >= 15 is 0 Å². The van der Waals surface area contributed by atoms with Gasteiger partial charge in [-0.3, -0.25) is 9.59 Å². The molecule has 1 aromatic heterocycles. The third-order valence-corrected chi connectivity index (χ3v) is 14.0.